The van der Waals surface area contributed by atoms with Gasteiger partial charge in [0, 0.05) is 66.2 Å². The van der Waals surface area contributed by atoms with Crippen molar-refractivity contribution in [2.45, 2.75) is 141 Å². The molecule has 356 valence electrons. The minimum Gasteiger partial charge on any atom is -0.481 e. The van der Waals surface area contributed by atoms with Gasteiger partial charge in [-0.1, -0.05) is 39.6 Å². The number of carboxylic acid groups (broad SMARTS) is 1. The molecule has 0 bridgehead atoms. The summed E-state index contributed by atoms with van der Waals surface area (Å²) in [5.41, 5.74) is -0.636. The molecule has 0 aliphatic rings. The number of unbranched alkanes of at least 4 members (excludes halogenated alkanes) is 1. The van der Waals surface area contributed by atoms with Gasteiger partial charge in [0.05, 0.1) is 12.5 Å². The van der Waals surface area contributed by atoms with E-state index in [1.54, 1.807) is 26.1 Å². The number of carbonyl (C=O) groups excluding carboxylic acids is 4. The topological polar surface area (TPSA) is 262 Å². The molecule has 3 unspecified atom stereocenters. The highest BCUT2D eigenvalue weighted by Crippen LogP contribution is 2.26. The summed E-state index contributed by atoms with van der Waals surface area (Å²) in [6.45, 7) is 13.2. The average molecular weight is 936 g/mol. The van der Waals surface area contributed by atoms with Crippen LogP contribution in [0, 0.1) is 15.7 Å². The van der Waals surface area contributed by atoms with Crippen LogP contribution >= 0.6 is 23.2 Å². The van der Waals surface area contributed by atoms with Gasteiger partial charge < -0.3 is 42.3 Å². The van der Waals surface area contributed by atoms with Crippen LogP contribution in [0.4, 0.5) is 5.82 Å². The maximum absolute atomic E-state index is 13.7. The number of benzene rings is 1. The van der Waals surface area contributed by atoms with Gasteiger partial charge in [-0.15, -0.1) is 0 Å². The van der Waals surface area contributed by atoms with E-state index >= 15 is 0 Å². The standard InChI is InChI=1S/C44H68Cl2N10O8/c1-29(55-63)43(3,4)51-22-17-31(18-23-52-44(5,6)30(2)56-64)16-21-49-38(57)14-11-15-39(58)50-28-36(53-40(59)13-8-10-20-48-37-12-7-9-19-47-37)42(62)54-35(27-41(60)61)32-24-33(45)26-34(46)25-32/h7,9,12,19,24-26,29-31,35-36,51-52H,8,10-11,13-18,20-23,27-28H2,1-6H3,(H,47,48)(H,49,57)(H,50,58)(H,53,59)(H,54,62)(H,60,61)/t29?,30?,31?,35?,36-/m0/s1. The number of nitroso groups, excluding NO2 is 2. The van der Waals surface area contributed by atoms with Crippen molar-refractivity contribution in [3.05, 3.63) is 68.0 Å². The van der Waals surface area contributed by atoms with Gasteiger partial charge in [-0.3, -0.25) is 24.0 Å². The van der Waals surface area contributed by atoms with Gasteiger partial charge in [0.1, 0.15) is 23.9 Å². The molecule has 1 aromatic carbocycles. The maximum Gasteiger partial charge on any atom is 0.305 e. The Balaban J connectivity index is 1.97. The molecule has 0 fully saturated rings. The molecule has 2 aromatic rings. The fraction of sp³-hybridized carbons (Fsp3) is 0.636. The largest absolute Gasteiger partial charge is 0.481 e. The Kier molecular flexibility index (Phi) is 25.0. The van der Waals surface area contributed by atoms with Crippen LogP contribution in [0.15, 0.2) is 52.9 Å². The second kappa shape index (κ2) is 28.9. The molecule has 0 radical (unpaired) electrons. The van der Waals surface area contributed by atoms with E-state index in [2.05, 4.69) is 52.6 Å². The highest BCUT2D eigenvalue weighted by molar-refractivity contribution is 6.34. The Hall–Kier alpha value is -4.78. The van der Waals surface area contributed by atoms with Crippen LogP contribution < -0.4 is 37.2 Å². The van der Waals surface area contributed by atoms with Crippen LogP contribution in [0.2, 0.25) is 10.0 Å². The van der Waals surface area contributed by atoms with Crippen molar-refractivity contribution >= 4 is 58.6 Å². The number of nitrogens with one attached hydrogen (secondary N) is 7. The number of anilines is 1. The number of pyridine rings is 1. The molecule has 4 amide bonds. The third-order valence-corrected chi connectivity index (χ3v) is 11.7. The fourth-order valence-corrected chi connectivity index (χ4v) is 7.00. The molecule has 20 heteroatoms. The molecule has 0 saturated carbocycles. The number of halogens is 2. The molecular formula is C44H68Cl2N10O8. The summed E-state index contributed by atoms with van der Waals surface area (Å²) in [5, 5.41) is 37.4. The van der Waals surface area contributed by atoms with Crippen LogP contribution in [0.5, 0.6) is 0 Å². The van der Waals surface area contributed by atoms with Gasteiger partial charge in [-0.2, -0.15) is 9.81 Å². The first kappa shape index (κ1) is 55.4. The number of carboxylic acids is 1. The number of carbonyl (C=O) groups is 5. The Morgan fingerprint density at radius 3 is 1.83 bits per heavy atom. The number of hydrogen-bond donors (Lipinski definition) is 8. The monoisotopic (exact) mass is 934 g/mol. The zero-order valence-electron chi connectivity index (χ0n) is 37.9. The van der Waals surface area contributed by atoms with Gasteiger partial charge in [-0.25, -0.2) is 4.98 Å². The van der Waals surface area contributed by atoms with Crippen LogP contribution in [-0.2, 0) is 24.0 Å². The summed E-state index contributed by atoms with van der Waals surface area (Å²) in [4.78, 5) is 90.8. The molecule has 0 spiro atoms. The third-order valence-electron chi connectivity index (χ3n) is 11.3. The molecule has 1 heterocycles. The second-order valence-corrected chi connectivity index (χ2v) is 18.1. The van der Waals surface area contributed by atoms with Crippen molar-refractivity contribution in [2.24, 2.45) is 16.3 Å². The van der Waals surface area contributed by atoms with Crippen molar-refractivity contribution in [3.8, 4) is 0 Å². The lowest BCUT2D eigenvalue weighted by Crippen LogP contribution is -2.53. The summed E-state index contributed by atoms with van der Waals surface area (Å²) in [7, 11) is 0. The van der Waals surface area contributed by atoms with Gasteiger partial charge in [0.15, 0.2) is 0 Å². The number of aromatic nitrogens is 1. The van der Waals surface area contributed by atoms with Crippen molar-refractivity contribution in [1.29, 1.82) is 0 Å². The molecule has 0 saturated heterocycles. The number of amides is 4. The number of aliphatic carboxylic acids is 1. The molecule has 0 aliphatic carbocycles. The summed E-state index contributed by atoms with van der Waals surface area (Å²) in [6, 6.07) is 6.75. The second-order valence-electron chi connectivity index (χ2n) is 17.2. The first-order chi connectivity index (χ1) is 30.3. The van der Waals surface area contributed by atoms with Crippen LogP contribution in [-0.4, -0.2) is 102 Å². The SMILES string of the molecule is CC(N=O)C(C)(C)NCCC(CCNC(=O)CCCC(=O)NC[C@H](NC(=O)CCCCNc1ccccn1)C(=O)NC(CC(=O)O)c1cc(Cl)cc(Cl)c1)CCNC(C)(C)C(C)N=O. The van der Waals surface area contributed by atoms with E-state index < -0.39 is 65.4 Å². The molecule has 2 rings (SSSR count). The summed E-state index contributed by atoms with van der Waals surface area (Å²) in [5.74, 6) is -2.16. The van der Waals surface area contributed by atoms with Gasteiger partial charge >= 0.3 is 5.97 Å². The quantitative estimate of drug-likeness (QED) is 0.0302. The number of rotatable bonds is 33. The van der Waals surface area contributed by atoms with E-state index in [9.17, 15) is 38.9 Å². The average Bonchev–Trinajstić information content (AvgIpc) is 3.23. The third kappa shape index (κ3) is 22.2. The van der Waals surface area contributed by atoms with Crippen molar-refractivity contribution in [3.63, 3.8) is 0 Å². The summed E-state index contributed by atoms with van der Waals surface area (Å²) < 4.78 is 0. The van der Waals surface area contributed by atoms with E-state index in [1.807, 2.05) is 39.8 Å². The number of hydrogen-bond acceptors (Lipinski definition) is 13. The van der Waals surface area contributed by atoms with E-state index in [0.29, 0.717) is 56.8 Å². The normalized spacial score (nSPS) is 13.9. The van der Waals surface area contributed by atoms with Gasteiger partial charge in [0.25, 0.3) is 0 Å². The lowest BCUT2D eigenvalue weighted by molar-refractivity contribution is -0.138. The molecule has 18 nitrogen and oxygen atoms in total. The molecule has 4 atom stereocenters. The Morgan fingerprint density at radius 2 is 1.28 bits per heavy atom. The van der Waals surface area contributed by atoms with E-state index in [-0.39, 0.29) is 54.1 Å². The van der Waals surface area contributed by atoms with Crippen LogP contribution in [0.3, 0.4) is 0 Å². The van der Waals surface area contributed by atoms with Crippen molar-refractivity contribution < 1.29 is 29.1 Å². The maximum atomic E-state index is 13.7. The fourth-order valence-electron chi connectivity index (χ4n) is 6.45. The molecule has 1 aromatic heterocycles. The Morgan fingerprint density at radius 1 is 0.719 bits per heavy atom. The zero-order valence-corrected chi connectivity index (χ0v) is 39.4. The smallest absolute Gasteiger partial charge is 0.305 e. The predicted octanol–water partition coefficient (Wildman–Crippen LogP) is 6.02. The highest BCUT2D eigenvalue weighted by Gasteiger charge is 2.29. The van der Waals surface area contributed by atoms with Gasteiger partial charge in [-0.05, 0) is 135 Å². The number of nitrogens with zero attached hydrogens (tertiary/aromatic N) is 3. The van der Waals surface area contributed by atoms with E-state index in [4.69, 9.17) is 23.2 Å². The lowest BCUT2D eigenvalue weighted by atomic mass is 9.92. The predicted molar refractivity (Wildman–Crippen MR) is 250 cm³/mol. The zero-order chi connectivity index (χ0) is 47.7. The highest BCUT2D eigenvalue weighted by atomic mass is 35.5. The Labute approximate surface area is 386 Å². The van der Waals surface area contributed by atoms with Gasteiger partial charge in [0.2, 0.25) is 23.6 Å². The van der Waals surface area contributed by atoms with E-state index in [1.165, 1.54) is 18.2 Å². The summed E-state index contributed by atoms with van der Waals surface area (Å²) in [6.07, 6.45) is 4.84. The van der Waals surface area contributed by atoms with Crippen molar-refractivity contribution in [2.75, 3.05) is 38.0 Å². The molecular weight excluding hydrogens is 867 g/mol. The van der Waals surface area contributed by atoms with Crippen LogP contribution in [0.25, 0.3) is 0 Å². The van der Waals surface area contributed by atoms with Crippen molar-refractivity contribution in [1.82, 2.24) is 36.9 Å². The minimum atomic E-state index is -1.26. The molecule has 0 aliphatic heterocycles. The summed E-state index contributed by atoms with van der Waals surface area (Å²) >= 11 is 12.3. The minimum absolute atomic E-state index is 0.0324. The first-order valence-electron chi connectivity index (χ1n) is 21.9. The lowest BCUT2D eigenvalue weighted by Gasteiger charge is -2.31. The van der Waals surface area contributed by atoms with E-state index in [0.717, 1.165) is 12.8 Å². The molecule has 8 N–H and O–H groups in total. The molecule has 64 heavy (non-hydrogen) atoms. The first-order valence-corrected chi connectivity index (χ1v) is 22.6. The Bertz CT molecular complexity index is 1750. The van der Waals surface area contributed by atoms with Crippen LogP contribution in [0.1, 0.15) is 117 Å².